The van der Waals surface area contributed by atoms with Gasteiger partial charge in [0.1, 0.15) is 17.3 Å². The maximum Gasteiger partial charge on any atom is 0.193 e. The lowest BCUT2D eigenvalue weighted by Gasteiger charge is -2.23. The Hall–Kier alpha value is -3.48. The van der Waals surface area contributed by atoms with Gasteiger partial charge in [-0.25, -0.2) is 4.98 Å². The molecule has 170 valence electrons. The van der Waals surface area contributed by atoms with Gasteiger partial charge in [-0.1, -0.05) is 30.3 Å². The maximum atomic E-state index is 5.54. The molecule has 7 heteroatoms. The largest absolute Gasteiger partial charge is 0.497 e. The lowest BCUT2D eigenvalue weighted by Crippen LogP contribution is -2.38. The third-order valence-corrected chi connectivity index (χ3v) is 5.19. The van der Waals surface area contributed by atoms with E-state index in [2.05, 4.69) is 51.0 Å². The van der Waals surface area contributed by atoms with Crippen molar-refractivity contribution in [3.63, 3.8) is 0 Å². The van der Waals surface area contributed by atoms with E-state index in [-0.39, 0.29) is 0 Å². The fraction of sp³-hybridized carbons (Fsp3) is 0.360. The quantitative estimate of drug-likeness (QED) is 0.390. The molecule has 0 bridgehead atoms. The van der Waals surface area contributed by atoms with Gasteiger partial charge in [0.05, 0.1) is 14.2 Å². The molecule has 0 unspecified atom stereocenters. The van der Waals surface area contributed by atoms with Crippen LogP contribution < -0.4 is 14.8 Å². The topological polar surface area (TPSA) is 63.9 Å². The van der Waals surface area contributed by atoms with Crippen LogP contribution in [0.5, 0.6) is 11.5 Å². The van der Waals surface area contributed by atoms with Crippen molar-refractivity contribution in [1.82, 2.24) is 19.8 Å². The third kappa shape index (κ3) is 6.26. The molecule has 1 aromatic heterocycles. The summed E-state index contributed by atoms with van der Waals surface area (Å²) in [5, 5.41) is 3.38. The van der Waals surface area contributed by atoms with Crippen LogP contribution in [-0.4, -0.2) is 54.8 Å². The number of benzene rings is 2. The number of guanidine groups is 1. The lowest BCUT2D eigenvalue weighted by molar-refractivity contribution is 0.382. The number of nitrogens with zero attached hydrogens (tertiary/aromatic N) is 4. The van der Waals surface area contributed by atoms with Gasteiger partial charge in [0.15, 0.2) is 5.96 Å². The van der Waals surface area contributed by atoms with E-state index in [1.165, 1.54) is 5.56 Å². The predicted octanol–water partition coefficient (Wildman–Crippen LogP) is 3.59. The first-order valence-electron chi connectivity index (χ1n) is 10.9. The van der Waals surface area contributed by atoms with Crippen LogP contribution in [-0.2, 0) is 19.5 Å². The predicted molar refractivity (Wildman–Crippen MR) is 128 cm³/mol. The van der Waals surface area contributed by atoms with Gasteiger partial charge in [0.2, 0.25) is 0 Å². The fourth-order valence-electron chi connectivity index (χ4n) is 3.54. The Bertz CT molecular complexity index is 1000. The van der Waals surface area contributed by atoms with E-state index in [0.29, 0.717) is 13.1 Å². The zero-order valence-corrected chi connectivity index (χ0v) is 19.4. The van der Waals surface area contributed by atoms with E-state index in [1.54, 1.807) is 14.2 Å². The summed E-state index contributed by atoms with van der Waals surface area (Å²) < 4.78 is 13.0. The molecule has 0 amide bonds. The molecular formula is C25H33N5O2. The molecule has 2 aromatic carbocycles. The number of nitrogens with one attached hydrogen (secondary N) is 1. The van der Waals surface area contributed by atoms with Crippen LogP contribution in [0, 0.1) is 0 Å². The highest BCUT2D eigenvalue weighted by atomic mass is 16.5. The lowest BCUT2D eigenvalue weighted by atomic mass is 10.2. The maximum absolute atomic E-state index is 5.54. The summed E-state index contributed by atoms with van der Waals surface area (Å²) in [5.74, 6) is 3.47. The Labute approximate surface area is 190 Å². The zero-order valence-electron chi connectivity index (χ0n) is 19.4. The SMILES string of the molecule is CCNC(=NCCc1nccn1Cc1ccccc1)N(C)Cc1ccc(OC)cc1OC. The Morgan fingerprint density at radius 2 is 1.94 bits per heavy atom. The van der Waals surface area contributed by atoms with E-state index in [9.17, 15) is 0 Å². The molecule has 1 heterocycles. The Balaban J connectivity index is 1.65. The number of aromatic nitrogens is 2. The highest BCUT2D eigenvalue weighted by Gasteiger charge is 2.12. The van der Waals surface area contributed by atoms with Gasteiger partial charge in [0.25, 0.3) is 0 Å². The van der Waals surface area contributed by atoms with E-state index in [0.717, 1.165) is 48.4 Å². The van der Waals surface area contributed by atoms with Crippen LogP contribution >= 0.6 is 0 Å². The summed E-state index contributed by atoms with van der Waals surface area (Å²) in [7, 11) is 5.36. The number of imidazole rings is 1. The molecule has 3 aromatic rings. The molecule has 0 spiro atoms. The first kappa shape index (κ1) is 23.2. The number of aliphatic imine (C=N–C) groups is 1. The minimum atomic E-state index is 0.651. The molecule has 0 aliphatic carbocycles. The second-order valence-electron chi connectivity index (χ2n) is 7.48. The molecule has 0 aliphatic rings. The second kappa shape index (κ2) is 11.8. The molecule has 0 radical (unpaired) electrons. The van der Waals surface area contributed by atoms with Crippen molar-refractivity contribution in [1.29, 1.82) is 0 Å². The number of methoxy groups -OCH3 is 2. The molecule has 0 fully saturated rings. The smallest absolute Gasteiger partial charge is 0.193 e. The summed E-state index contributed by atoms with van der Waals surface area (Å²) in [6.07, 6.45) is 4.66. The second-order valence-corrected chi connectivity index (χ2v) is 7.48. The van der Waals surface area contributed by atoms with Gasteiger partial charge in [-0.2, -0.15) is 0 Å². The molecule has 7 nitrogen and oxygen atoms in total. The fourth-order valence-corrected chi connectivity index (χ4v) is 3.54. The summed E-state index contributed by atoms with van der Waals surface area (Å²) in [6, 6.07) is 16.3. The van der Waals surface area contributed by atoms with Gasteiger partial charge < -0.3 is 24.3 Å². The molecule has 0 saturated carbocycles. The molecule has 0 saturated heterocycles. The third-order valence-electron chi connectivity index (χ3n) is 5.19. The molecular weight excluding hydrogens is 402 g/mol. The Morgan fingerprint density at radius 1 is 1.12 bits per heavy atom. The minimum Gasteiger partial charge on any atom is -0.497 e. The van der Waals surface area contributed by atoms with Gasteiger partial charge in [-0.3, -0.25) is 4.99 Å². The first-order chi connectivity index (χ1) is 15.6. The van der Waals surface area contributed by atoms with Gasteiger partial charge in [-0.15, -0.1) is 0 Å². The average Bonchev–Trinajstić information content (AvgIpc) is 3.26. The van der Waals surface area contributed by atoms with Crippen LogP contribution in [0.2, 0.25) is 0 Å². The molecule has 32 heavy (non-hydrogen) atoms. The van der Waals surface area contributed by atoms with E-state index >= 15 is 0 Å². The van der Waals surface area contributed by atoms with Crippen molar-refractivity contribution < 1.29 is 9.47 Å². The normalized spacial score (nSPS) is 11.3. The highest BCUT2D eigenvalue weighted by molar-refractivity contribution is 5.79. The molecule has 0 atom stereocenters. The monoisotopic (exact) mass is 435 g/mol. The van der Waals surface area contributed by atoms with Crippen LogP contribution in [0.4, 0.5) is 0 Å². The van der Waals surface area contributed by atoms with E-state index in [1.807, 2.05) is 43.7 Å². The number of hydrogen-bond acceptors (Lipinski definition) is 4. The van der Waals surface area contributed by atoms with Crippen molar-refractivity contribution in [2.45, 2.75) is 26.4 Å². The van der Waals surface area contributed by atoms with Crippen molar-refractivity contribution in [2.75, 3.05) is 34.4 Å². The summed E-state index contributed by atoms with van der Waals surface area (Å²) in [4.78, 5) is 11.5. The van der Waals surface area contributed by atoms with E-state index < -0.39 is 0 Å². The summed E-state index contributed by atoms with van der Waals surface area (Å²) in [6.45, 7) is 5.01. The van der Waals surface area contributed by atoms with Gasteiger partial charge >= 0.3 is 0 Å². The number of hydrogen-bond donors (Lipinski definition) is 1. The Kier molecular flexibility index (Phi) is 8.54. The number of rotatable bonds is 10. The van der Waals surface area contributed by atoms with Gasteiger partial charge in [-0.05, 0) is 24.6 Å². The first-order valence-corrected chi connectivity index (χ1v) is 10.9. The van der Waals surface area contributed by atoms with Crippen molar-refractivity contribution >= 4 is 5.96 Å². The summed E-state index contributed by atoms with van der Waals surface area (Å²) in [5.41, 5.74) is 2.33. The molecule has 1 N–H and O–H groups in total. The minimum absolute atomic E-state index is 0.651. The van der Waals surface area contributed by atoms with Crippen LogP contribution in [0.25, 0.3) is 0 Å². The van der Waals surface area contributed by atoms with Crippen molar-refractivity contribution in [3.05, 3.63) is 77.9 Å². The van der Waals surface area contributed by atoms with E-state index in [4.69, 9.17) is 14.5 Å². The van der Waals surface area contributed by atoms with Gasteiger partial charge in [0, 0.05) is 63.7 Å². The zero-order chi connectivity index (χ0) is 22.8. The van der Waals surface area contributed by atoms with Crippen LogP contribution in [0.15, 0.2) is 65.9 Å². The number of ether oxygens (including phenoxy) is 2. The standard InChI is InChI=1S/C25H33N5O2/c1-5-26-25(29(2)19-21-11-12-22(31-3)17-23(21)32-4)28-14-13-24-27-15-16-30(24)18-20-9-7-6-8-10-20/h6-12,15-17H,5,13-14,18-19H2,1-4H3,(H,26,28). The van der Waals surface area contributed by atoms with Crippen LogP contribution in [0.3, 0.4) is 0 Å². The van der Waals surface area contributed by atoms with Crippen LogP contribution in [0.1, 0.15) is 23.9 Å². The average molecular weight is 436 g/mol. The highest BCUT2D eigenvalue weighted by Crippen LogP contribution is 2.25. The van der Waals surface area contributed by atoms with Crippen molar-refractivity contribution in [3.8, 4) is 11.5 Å². The summed E-state index contributed by atoms with van der Waals surface area (Å²) >= 11 is 0. The Morgan fingerprint density at radius 3 is 2.66 bits per heavy atom. The molecule has 0 aliphatic heterocycles. The molecule has 3 rings (SSSR count). The van der Waals surface area contributed by atoms with Crippen molar-refractivity contribution in [2.24, 2.45) is 4.99 Å².